The van der Waals surface area contributed by atoms with E-state index in [1.54, 1.807) is 5.56 Å². The zero-order chi connectivity index (χ0) is 15.6. The molecule has 1 aliphatic rings. The van der Waals surface area contributed by atoms with E-state index < -0.39 is 0 Å². The monoisotopic (exact) mass is 287 g/mol. The van der Waals surface area contributed by atoms with Crippen molar-refractivity contribution < 1.29 is 0 Å². The molecule has 21 heavy (non-hydrogen) atoms. The molecule has 0 aromatic heterocycles. The maximum atomic E-state index is 3.84. The molecule has 0 aliphatic heterocycles. The molecule has 1 heteroatoms. The lowest BCUT2D eigenvalue weighted by Gasteiger charge is -2.33. The van der Waals surface area contributed by atoms with Crippen molar-refractivity contribution >= 4 is 0 Å². The van der Waals surface area contributed by atoms with Crippen molar-refractivity contribution in [2.75, 3.05) is 6.54 Å². The molecule has 0 amide bonds. The van der Waals surface area contributed by atoms with Gasteiger partial charge in [-0.3, -0.25) is 0 Å². The Morgan fingerprint density at radius 1 is 0.905 bits per heavy atom. The second-order valence-electron chi connectivity index (χ2n) is 7.08. The number of benzene rings is 1. The van der Waals surface area contributed by atoms with Crippen molar-refractivity contribution in [1.82, 2.24) is 5.32 Å². The Balaban J connectivity index is 2.37. The summed E-state index contributed by atoms with van der Waals surface area (Å²) in [6.45, 7) is 14.9. The summed E-state index contributed by atoms with van der Waals surface area (Å²) >= 11 is 0. The van der Waals surface area contributed by atoms with E-state index in [2.05, 4.69) is 46.9 Å². The summed E-state index contributed by atoms with van der Waals surface area (Å²) in [7, 11) is 0. The molecule has 1 nitrogen and oxygen atoms in total. The first-order valence-corrected chi connectivity index (χ1v) is 8.77. The van der Waals surface area contributed by atoms with Gasteiger partial charge in [0.25, 0.3) is 0 Å². The topological polar surface area (TPSA) is 12.0 Å². The fourth-order valence-electron chi connectivity index (χ4n) is 3.74. The van der Waals surface area contributed by atoms with Crippen molar-refractivity contribution in [2.24, 2.45) is 5.92 Å². The van der Waals surface area contributed by atoms with Gasteiger partial charge in [0.1, 0.15) is 0 Å². The highest BCUT2D eigenvalue weighted by Crippen LogP contribution is 2.38. The van der Waals surface area contributed by atoms with Gasteiger partial charge in [0, 0.05) is 6.04 Å². The summed E-state index contributed by atoms with van der Waals surface area (Å²) < 4.78 is 0. The predicted molar refractivity (Wildman–Crippen MR) is 93.1 cm³/mol. The molecule has 1 N–H and O–H groups in total. The third-order valence-corrected chi connectivity index (χ3v) is 5.84. The number of nitrogens with one attached hydrogen (secondary N) is 1. The van der Waals surface area contributed by atoms with Gasteiger partial charge in [0.15, 0.2) is 0 Å². The molecule has 2 rings (SSSR count). The van der Waals surface area contributed by atoms with Crippen LogP contribution < -0.4 is 5.32 Å². The standard InChI is InChI=1S/C20H33N/c1-7-11-21-19(12-18-9-8-10-18)20-16(5)14(3)13(2)15(4)17(20)6/h18-19,21H,7-12H2,1-6H3. The largest absolute Gasteiger partial charge is 0.310 e. The molecule has 1 aliphatic carbocycles. The van der Waals surface area contributed by atoms with E-state index in [0.717, 1.165) is 12.5 Å². The van der Waals surface area contributed by atoms with Crippen LogP contribution in [0.25, 0.3) is 0 Å². The molecular weight excluding hydrogens is 254 g/mol. The van der Waals surface area contributed by atoms with Crippen molar-refractivity contribution in [3.8, 4) is 0 Å². The summed E-state index contributed by atoms with van der Waals surface area (Å²) in [5.41, 5.74) is 9.09. The highest BCUT2D eigenvalue weighted by molar-refractivity contribution is 5.50. The molecule has 0 radical (unpaired) electrons. The SMILES string of the molecule is CCCNC(CC1CCC1)c1c(C)c(C)c(C)c(C)c1C. The average molecular weight is 287 g/mol. The van der Waals surface area contributed by atoms with Crippen LogP contribution in [0.1, 0.15) is 78.5 Å². The van der Waals surface area contributed by atoms with Gasteiger partial charge in [0.05, 0.1) is 0 Å². The molecule has 1 fully saturated rings. The van der Waals surface area contributed by atoms with Gasteiger partial charge in [0.2, 0.25) is 0 Å². The number of hydrogen-bond donors (Lipinski definition) is 1. The van der Waals surface area contributed by atoms with E-state index in [1.807, 2.05) is 0 Å². The molecule has 118 valence electrons. The highest BCUT2D eigenvalue weighted by atomic mass is 14.9. The van der Waals surface area contributed by atoms with Gasteiger partial charge >= 0.3 is 0 Å². The lowest BCUT2D eigenvalue weighted by molar-refractivity contribution is 0.260. The molecule has 0 saturated heterocycles. The third kappa shape index (κ3) is 3.34. The van der Waals surface area contributed by atoms with E-state index in [1.165, 1.54) is 59.9 Å². The third-order valence-electron chi connectivity index (χ3n) is 5.84. The second kappa shape index (κ2) is 6.96. The Hall–Kier alpha value is -0.820. The maximum Gasteiger partial charge on any atom is 0.0328 e. The lowest BCUT2D eigenvalue weighted by atomic mass is 9.77. The minimum atomic E-state index is 0.549. The fourth-order valence-corrected chi connectivity index (χ4v) is 3.74. The first-order valence-electron chi connectivity index (χ1n) is 8.77. The Bertz CT molecular complexity index is 468. The van der Waals surface area contributed by atoms with Crippen LogP contribution in [-0.2, 0) is 0 Å². The van der Waals surface area contributed by atoms with Gasteiger partial charge in [-0.05, 0) is 93.3 Å². The minimum absolute atomic E-state index is 0.549. The molecule has 1 atom stereocenters. The van der Waals surface area contributed by atoms with Crippen molar-refractivity contribution in [1.29, 1.82) is 0 Å². The normalized spacial score (nSPS) is 16.9. The molecule has 0 heterocycles. The molecule has 1 aromatic carbocycles. The van der Waals surface area contributed by atoms with Crippen LogP contribution in [0.3, 0.4) is 0 Å². The van der Waals surface area contributed by atoms with E-state index >= 15 is 0 Å². The van der Waals surface area contributed by atoms with Crippen LogP contribution >= 0.6 is 0 Å². The van der Waals surface area contributed by atoms with Crippen LogP contribution in [0.15, 0.2) is 0 Å². The van der Waals surface area contributed by atoms with Crippen LogP contribution in [0.2, 0.25) is 0 Å². The predicted octanol–water partition coefficient (Wildman–Crippen LogP) is 5.46. The Morgan fingerprint density at radius 3 is 1.86 bits per heavy atom. The van der Waals surface area contributed by atoms with E-state index in [-0.39, 0.29) is 0 Å². The fraction of sp³-hybridized carbons (Fsp3) is 0.700. The summed E-state index contributed by atoms with van der Waals surface area (Å²) in [6.07, 6.45) is 6.85. The zero-order valence-corrected chi connectivity index (χ0v) is 14.9. The first kappa shape index (κ1) is 16.5. The quantitative estimate of drug-likeness (QED) is 0.732. The Morgan fingerprint density at radius 2 is 1.43 bits per heavy atom. The Kier molecular flexibility index (Phi) is 5.48. The second-order valence-corrected chi connectivity index (χ2v) is 7.08. The van der Waals surface area contributed by atoms with Gasteiger partial charge in [-0.2, -0.15) is 0 Å². The van der Waals surface area contributed by atoms with Crippen LogP contribution in [0.5, 0.6) is 0 Å². The first-order chi connectivity index (χ1) is 9.97. The molecule has 0 spiro atoms. The van der Waals surface area contributed by atoms with Crippen LogP contribution in [0.4, 0.5) is 0 Å². The van der Waals surface area contributed by atoms with Crippen molar-refractivity contribution in [3.05, 3.63) is 33.4 Å². The van der Waals surface area contributed by atoms with Crippen molar-refractivity contribution in [2.45, 2.75) is 79.7 Å². The van der Waals surface area contributed by atoms with E-state index in [0.29, 0.717) is 6.04 Å². The van der Waals surface area contributed by atoms with Gasteiger partial charge in [-0.1, -0.05) is 26.2 Å². The van der Waals surface area contributed by atoms with Crippen LogP contribution in [0, 0.1) is 40.5 Å². The van der Waals surface area contributed by atoms with Crippen molar-refractivity contribution in [3.63, 3.8) is 0 Å². The highest BCUT2D eigenvalue weighted by Gasteiger charge is 2.26. The molecular formula is C20H33N. The summed E-state index contributed by atoms with van der Waals surface area (Å²) in [5, 5.41) is 3.84. The lowest BCUT2D eigenvalue weighted by Crippen LogP contribution is -2.28. The zero-order valence-electron chi connectivity index (χ0n) is 14.9. The molecule has 0 bridgehead atoms. The smallest absolute Gasteiger partial charge is 0.0328 e. The summed E-state index contributed by atoms with van der Waals surface area (Å²) in [4.78, 5) is 0. The van der Waals surface area contributed by atoms with Gasteiger partial charge in [-0.15, -0.1) is 0 Å². The molecule has 1 aromatic rings. The number of rotatable bonds is 6. The molecule has 1 unspecified atom stereocenters. The van der Waals surface area contributed by atoms with Gasteiger partial charge in [-0.25, -0.2) is 0 Å². The van der Waals surface area contributed by atoms with E-state index in [9.17, 15) is 0 Å². The summed E-state index contributed by atoms with van der Waals surface area (Å²) in [6, 6.07) is 0.549. The Labute approximate surface area is 131 Å². The average Bonchev–Trinajstić information content (AvgIpc) is 2.43. The minimum Gasteiger partial charge on any atom is -0.310 e. The maximum absolute atomic E-state index is 3.84. The molecule has 1 saturated carbocycles. The summed E-state index contributed by atoms with van der Waals surface area (Å²) in [5.74, 6) is 0.945. The number of hydrogen-bond acceptors (Lipinski definition) is 1. The van der Waals surface area contributed by atoms with Crippen LogP contribution in [-0.4, -0.2) is 6.54 Å². The van der Waals surface area contributed by atoms with Gasteiger partial charge < -0.3 is 5.32 Å². The van der Waals surface area contributed by atoms with E-state index in [4.69, 9.17) is 0 Å².